The van der Waals surface area contributed by atoms with Crippen molar-refractivity contribution in [3.63, 3.8) is 0 Å². The normalized spacial score (nSPS) is 10.9. The third-order valence-corrected chi connectivity index (χ3v) is 6.05. The molecule has 7 heteroatoms. The summed E-state index contributed by atoms with van der Waals surface area (Å²) in [5.41, 5.74) is 4.71. The van der Waals surface area contributed by atoms with Gasteiger partial charge in [-0.3, -0.25) is 9.59 Å². The van der Waals surface area contributed by atoms with Gasteiger partial charge in [-0.05, 0) is 72.3 Å². The molecule has 0 bridgehead atoms. The average Bonchev–Trinajstić information content (AvgIpc) is 3.27. The number of methoxy groups -OCH3 is 1. The SMILES string of the molecule is COc1ccc(-n2ncc(C(=O)Nc3cccc(Cc4c[nH]c(=O)c5ccccc45)c3)c2C)cc1. The van der Waals surface area contributed by atoms with Crippen LogP contribution in [0.15, 0.2) is 90.0 Å². The molecule has 7 nitrogen and oxygen atoms in total. The molecular weight excluding hydrogens is 440 g/mol. The van der Waals surface area contributed by atoms with Crippen molar-refractivity contribution in [1.29, 1.82) is 0 Å². The summed E-state index contributed by atoms with van der Waals surface area (Å²) in [6.45, 7) is 1.86. The van der Waals surface area contributed by atoms with Gasteiger partial charge in [0.2, 0.25) is 0 Å². The molecule has 5 aromatic rings. The number of pyridine rings is 1. The lowest BCUT2D eigenvalue weighted by Gasteiger charge is -2.10. The number of aromatic amines is 1. The molecule has 2 aromatic heterocycles. The number of amides is 1. The maximum Gasteiger partial charge on any atom is 0.259 e. The van der Waals surface area contributed by atoms with E-state index in [0.29, 0.717) is 23.1 Å². The Labute approximate surface area is 202 Å². The summed E-state index contributed by atoms with van der Waals surface area (Å²) in [5, 5.41) is 8.97. The van der Waals surface area contributed by atoms with E-state index < -0.39 is 0 Å². The molecule has 174 valence electrons. The fourth-order valence-corrected chi connectivity index (χ4v) is 4.21. The molecule has 0 radical (unpaired) electrons. The number of aromatic nitrogens is 3. The maximum atomic E-state index is 13.0. The molecule has 0 saturated carbocycles. The van der Waals surface area contributed by atoms with Gasteiger partial charge in [-0.2, -0.15) is 5.10 Å². The number of ether oxygens (including phenoxy) is 1. The van der Waals surface area contributed by atoms with Crippen LogP contribution in [0, 0.1) is 6.92 Å². The zero-order valence-electron chi connectivity index (χ0n) is 19.4. The highest BCUT2D eigenvalue weighted by Gasteiger charge is 2.16. The summed E-state index contributed by atoms with van der Waals surface area (Å²) >= 11 is 0. The van der Waals surface area contributed by atoms with E-state index in [1.165, 1.54) is 0 Å². The summed E-state index contributed by atoms with van der Waals surface area (Å²) in [4.78, 5) is 28.0. The molecule has 0 spiro atoms. The highest BCUT2D eigenvalue weighted by molar-refractivity contribution is 6.05. The summed E-state index contributed by atoms with van der Waals surface area (Å²) in [7, 11) is 1.62. The van der Waals surface area contributed by atoms with Crippen LogP contribution in [0.3, 0.4) is 0 Å². The Hall–Kier alpha value is -4.65. The number of fused-ring (bicyclic) bond motifs is 1. The number of anilines is 1. The molecule has 0 saturated heterocycles. The van der Waals surface area contributed by atoms with E-state index in [1.54, 1.807) is 24.2 Å². The van der Waals surface area contributed by atoms with Gasteiger partial charge in [-0.15, -0.1) is 0 Å². The Bertz CT molecular complexity index is 1580. The van der Waals surface area contributed by atoms with E-state index in [-0.39, 0.29) is 11.5 Å². The fraction of sp³-hybridized carbons (Fsp3) is 0.107. The van der Waals surface area contributed by atoms with Crippen LogP contribution < -0.4 is 15.6 Å². The topological polar surface area (TPSA) is 89.0 Å². The minimum Gasteiger partial charge on any atom is -0.497 e. The predicted octanol–water partition coefficient (Wildman–Crippen LogP) is 4.87. The van der Waals surface area contributed by atoms with Gasteiger partial charge >= 0.3 is 0 Å². The molecule has 0 aliphatic carbocycles. The van der Waals surface area contributed by atoms with Gasteiger partial charge in [0, 0.05) is 17.3 Å². The molecule has 0 unspecified atom stereocenters. The first kappa shape index (κ1) is 22.2. The Balaban J connectivity index is 1.36. The molecule has 2 N–H and O–H groups in total. The van der Waals surface area contributed by atoms with Crippen LogP contribution in [0.2, 0.25) is 0 Å². The van der Waals surface area contributed by atoms with E-state index in [0.717, 1.165) is 33.6 Å². The van der Waals surface area contributed by atoms with Crippen LogP contribution in [0.4, 0.5) is 5.69 Å². The number of benzene rings is 3. The first-order valence-corrected chi connectivity index (χ1v) is 11.2. The van der Waals surface area contributed by atoms with E-state index in [4.69, 9.17) is 4.74 Å². The third kappa shape index (κ3) is 4.44. The van der Waals surface area contributed by atoms with Crippen LogP contribution in [0.1, 0.15) is 27.2 Å². The lowest BCUT2D eigenvalue weighted by atomic mass is 10.0. The maximum absolute atomic E-state index is 13.0. The zero-order valence-corrected chi connectivity index (χ0v) is 19.4. The van der Waals surface area contributed by atoms with Crippen LogP contribution >= 0.6 is 0 Å². The van der Waals surface area contributed by atoms with Gasteiger partial charge in [0.25, 0.3) is 11.5 Å². The highest BCUT2D eigenvalue weighted by atomic mass is 16.5. The van der Waals surface area contributed by atoms with E-state index in [9.17, 15) is 9.59 Å². The summed E-state index contributed by atoms with van der Waals surface area (Å²) in [5.74, 6) is 0.528. The molecule has 0 aliphatic rings. The standard InChI is InChI=1S/C28H24N4O3/c1-18-26(17-30-32(18)22-10-12-23(35-2)13-11-22)28(34)31-21-7-5-6-19(15-21)14-20-16-29-27(33)25-9-4-3-8-24(20)25/h3-13,15-17H,14H2,1-2H3,(H,29,33)(H,31,34). The number of carbonyl (C=O) groups is 1. The average molecular weight is 465 g/mol. The molecule has 0 aliphatic heterocycles. The van der Waals surface area contributed by atoms with Gasteiger partial charge in [-0.1, -0.05) is 30.3 Å². The molecule has 1 amide bonds. The van der Waals surface area contributed by atoms with Crippen LogP contribution in [0.5, 0.6) is 5.75 Å². The van der Waals surface area contributed by atoms with Crippen molar-refractivity contribution >= 4 is 22.4 Å². The van der Waals surface area contributed by atoms with Gasteiger partial charge in [0.05, 0.1) is 30.3 Å². The Morgan fingerprint density at radius 1 is 1.03 bits per heavy atom. The van der Waals surface area contributed by atoms with E-state index in [1.807, 2.05) is 79.7 Å². The monoisotopic (exact) mass is 464 g/mol. The second-order valence-corrected chi connectivity index (χ2v) is 8.27. The lowest BCUT2D eigenvalue weighted by molar-refractivity contribution is 0.102. The van der Waals surface area contributed by atoms with Crippen molar-refractivity contribution in [1.82, 2.24) is 14.8 Å². The number of H-pyrrole nitrogens is 1. The fourth-order valence-electron chi connectivity index (χ4n) is 4.21. The molecule has 2 heterocycles. The van der Waals surface area contributed by atoms with Crippen LogP contribution in [-0.4, -0.2) is 27.8 Å². The summed E-state index contributed by atoms with van der Waals surface area (Å²) < 4.78 is 6.94. The number of hydrogen-bond donors (Lipinski definition) is 2. The minimum atomic E-state index is -0.228. The highest BCUT2D eigenvalue weighted by Crippen LogP contribution is 2.22. The molecule has 35 heavy (non-hydrogen) atoms. The van der Waals surface area contributed by atoms with Gasteiger partial charge < -0.3 is 15.0 Å². The Kier molecular flexibility index (Phi) is 5.89. The molecule has 0 fully saturated rings. The molecule has 5 rings (SSSR count). The summed E-state index contributed by atoms with van der Waals surface area (Å²) in [6.07, 6.45) is 3.95. The first-order valence-electron chi connectivity index (χ1n) is 11.2. The van der Waals surface area contributed by atoms with Gasteiger partial charge in [0.1, 0.15) is 5.75 Å². The lowest BCUT2D eigenvalue weighted by Crippen LogP contribution is -2.13. The number of carbonyl (C=O) groups excluding carboxylic acids is 1. The van der Waals surface area contributed by atoms with Crippen molar-refractivity contribution in [2.24, 2.45) is 0 Å². The Morgan fingerprint density at radius 2 is 1.80 bits per heavy atom. The van der Waals surface area contributed by atoms with Crippen molar-refractivity contribution in [3.05, 3.63) is 118 Å². The van der Waals surface area contributed by atoms with Gasteiger partial charge in [0.15, 0.2) is 0 Å². The van der Waals surface area contributed by atoms with Gasteiger partial charge in [-0.25, -0.2) is 4.68 Å². The molecular formula is C28H24N4O3. The first-order chi connectivity index (χ1) is 17.0. The van der Waals surface area contributed by atoms with Crippen molar-refractivity contribution < 1.29 is 9.53 Å². The number of nitrogens with zero attached hydrogens (tertiary/aromatic N) is 2. The zero-order chi connectivity index (χ0) is 24.4. The smallest absolute Gasteiger partial charge is 0.259 e. The van der Waals surface area contributed by atoms with Crippen molar-refractivity contribution in [3.8, 4) is 11.4 Å². The minimum absolute atomic E-state index is 0.101. The van der Waals surface area contributed by atoms with Crippen molar-refractivity contribution in [2.45, 2.75) is 13.3 Å². The predicted molar refractivity (Wildman–Crippen MR) is 137 cm³/mol. The van der Waals surface area contributed by atoms with E-state index in [2.05, 4.69) is 15.4 Å². The second-order valence-electron chi connectivity index (χ2n) is 8.27. The van der Waals surface area contributed by atoms with Crippen LogP contribution in [0.25, 0.3) is 16.5 Å². The largest absolute Gasteiger partial charge is 0.497 e. The number of rotatable bonds is 6. The number of nitrogens with one attached hydrogen (secondary N) is 2. The van der Waals surface area contributed by atoms with E-state index >= 15 is 0 Å². The molecule has 0 atom stereocenters. The summed E-state index contributed by atoms with van der Waals surface area (Å²) in [6, 6.07) is 22.8. The van der Waals surface area contributed by atoms with Crippen LogP contribution in [-0.2, 0) is 6.42 Å². The molecule has 3 aromatic carbocycles. The number of hydrogen-bond acceptors (Lipinski definition) is 4. The Morgan fingerprint density at radius 3 is 2.57 bits per heavy atom. The van der Waals surface area contributed by atoms with Crippen molar-refractivity contribution in [2.75, 3.05) is 12.4 Å². The quantitative estimate of drug-likeness (QED) is 0.375. The second kappa shape index (κ2) is 9.30. The third-order valence-electron chi connectivity index (χ3n) is 6.05.